The molecule has 0 aliphatic rings. The maximum Gasteiger partial charge on any atom is 0.335 e. The first-order valence-electron chi connectivity index (χ1n) is 5.96. The summed E-state index contributed by atoms with van der Waals surface area (Å²) in [4.78, 5) is 10.9. The number of nitrogens with one attached hydrogen (secondary N) is 1. The van der Waals surface area contributed by atoms with Crippen molar-refractivity contribution < 1.29 is 9.90 Å². The summed E-state index contributed by atoms with van der Waals surface area (Å²) in [5, 5.41) is 13.2. The van der Waals surface area contributed by atoms with E-state index < -0.39 is 5.97 Å². The zero-order chi connectivity index (χ0) is 14.5. The molecule has 0 saturated heterocycles. The van der Waals surface area contributed by atoms with Crippen LogP contribution < -0.4 is 5.43 Å². The fraction of sp³-hybridized carbons (Fsp3) is 0.0667. The van der Waals surface area contributed by atoms with Gasteiger partial charge in [-0.25, -0.2) is 4.79 Å². The second-order valence-corrected chi connectivity index (χ2v) is 5.03. The van der Waals surface area contributed by atoms with E-state index in [4.69, 9.17) is 5.11 Å². The number of hydrogen-bond donors (Lipinski definition) is 2. The first-order valence-corrected chi connectivity index (χ1v) is 6.76. The molecule has 2 rings (SSSR count). The van der Waals surface area contributed by atoms with Crippen molar-refractivity contribution >= 4 is 33.3 Å². The number of halogens is 1. The second kappa shape index (κ2) is 6.34. The van der Waals surface area contributed by atoms with Gasteiger partial charge in [-0.2, -0.15) is 5.10 Å². The van der Waals surface area contributed by atoms with Crippen molar-refractivity contribution in [3.8, 4) is 0 Å². The van der Waals surface area contributed by atoms with Crippen molar-refractivity contribution in [3.63, 3.8) is 0 Å². The topological polar surface area (TPSA) is 61.7 Å². The Morgan fingerprint density at radius 1 is 1.20 bits per heavy atom. The normalized spacial score (nSPS) is 11.2. The van der Waals surface area contributed by atoms with E-state index in [9.17, 15) is 4.79 Å². The van der Waals surface area contributed by atoms with Gasteiger partial charge in [0.15, 0.2) is 0 Å². The molecule has 2 aromatic rings. The lowest BCUT2D eigenvalue weighted by molar-refractivity contribution is 0.0697. The van der Waals surface area contributed by atoms with Gasteiger partial charge in [-0.15, -0.1) is 0 Å². The number of hydrogen-bond acceptors (Lipinski definition) is 3. The molecule has 102 valence electrons. The summed E-state index contributed by atoms with van der Waals surface area (Å²) in [6.45, 7) is 1.88. The Morgan fingerprint density at radius 2 is 1.95 bits per heavy atom. The third kappa shape index (κ3) is 3.45. The minimum atomic E-state index is -0.958. The van der Waals surface area contributed by atoms with E-state index in [1.54, 1.807) is 18.2 Å². The van der Waals surface area contributed by atoms with Crippen LogP contribution in [0.2, 0.25) is 0 Å². The smallest absolute Gasteiger partial charge is 0.335 e. The van der Waals surface area contributed by atoms with Gasteiger partial charge in [0, 0.05) is 10.0 Å². The molecule has 0 saturated carbocycles. The molecule has 0 aliphatic heterocycles. The van der Waals surface area contributed by atoms with E-state index in [1.807, 2.05) is 31.2 Å². The van der Waals surface area contributed by atoms with Crippen molar-refractivity contribution in [2.24, 2.45) is 5.10 Å². The number of benzene rings is 2. The Hall–Kier alpha value is -2.14. The zero-order valence-corrected chi connectivity index (χ0v) is 12.4. The van der Waals surface area contributed by atoms with Gasteiger partial charge < -0.3 is 5.11 Å². The predicted molar refractivity (Wildman–Crippen MR) is 83.4 cm³/mol. The summed E-state index contributed by atoms with van der Waals surface area (Å²) >= 11 is 3.47. The van der Waals surface area contributed by atoms with Crippen molar-refractivity contribution in [1.82, 2.24) is 0 Å². The fourth-order valence-electron chi connectivity index (χ4n) is 1.69. The van der Waals surface area contributed by atoms with Crippen LogP contribution in [0.5, 0.6) is 0 Å². The highest BCUT2D eigenvalue weighted by Crippen LogP contribution is 2.17. The van der Waals surface area contributed by atoms with E-state index in [0.717, 1.165) is 15.7 Å². The highest BCUT2D eigenvalue weighted by molar-refractivity contribution is 9.10. The van der Waals surface area contributed by atoms with Crippen LogP contribution in [0.15, 0.2) is 58.1 Å². The summed E-state index contributed by atoms with van der Waals surface area (Å²) in [5.74, 6) is -0.958. The number of aromatic carboxylic acids is 1. The molecule has 0 bridgehead atoms. The lowest BCUT2D eigenvalue weighted by Crippen LogP contribution is -2.02. The Labute approximate surface area is 125 Å². The number of anilines is 1. The van der Waals surface area contributed by atoms with Crippen LogP contribution in [-0.4, -0.2) is 16.8 Å². The second-order valence-electron chi connectivity index (χ2n) is 4.17. The van der Waals surface area contributed by atoms with Crippen LogP contribution in [-0.2, 0) is 0 Å². The molecule has 20 heavy (non-hydrogen) atoms. The zero-order valence-electron chi connectivity index (χ0n) is 10.8. The van der Waals surface area contributed by atoms with Crippen LogP contribution >= 0.6 is 15.9 Å². The van der Waals surface area contributed by atoms with Gasteiger partial charge >= 0.3 is 5.97 Å². The first-order chi connectivity index (χ1) is 9.58. The molecule has 0 spiro atoms. The highest BCUT2D eigenvalue weighted by Gasteiger charge is 2.04. The molecule has 0 aromatic heterocycles. The lowest BCUT2D eigenvalue weighted by Gasteiger charge is -2.06. The lowest BCUT2D eigenvalue weighted by atomic mass is 10.1. The molecule has 0 radical (unpaired) electrons. The predicted octanol–water partition coefficient (Wildman–Crippen LogP) is 3.98. The van der Waals surface area contributed by atoms with Gasteiger partial charge in [-0.3, -0.25) is 5.43 Å². The fourth-order valence-corrected chi connectivity index (χ4v) is 2.26. The molecular formula is C15H13BrN2O2. The molecule has 2 N–H and O–H groups in total. The van der Waals surface area contributed by atoms with E-state index in [2.05, 4.69) is 26.5 Å². The number of carboxylic acid groups (broad SMARTS) is 1. The van der Waals surface area contributed by atoms with Crippen molar-refractivity contribution in [1.29, 1.82) is 0 Å². The Balaban J connectivity index is 2.19. The Bertz CT molecular complexity index is 668. The first kappa shape index (κ1) is 14.3. The van der Waals surface area contributed by atoms with E-state index >= 15 is 0 Å². The molecule has 0 unspecified atom stereocenters. The van der Waals surface area contributed by atoms with Crippen LogP contribution in [0.1, 0.15) is 22.8 Å². The molecule has 0 fully saturated rings. The summed E-state index contributed by atoms with van der Waals surface area (Å²) in [5.41, 5.74) is 5.52. The molecule has 0 amide bonds. The van der Waals surface area contributed by atoms with E-state index in [1.165, 1.54) is 6.07 Å². The summed E-state index contributed by atoms with van der Waals surface area (Å²) < 4.78 is 0.960. The highest BCUT2D eigenvalue weighted by atomic mass is 79.9. The standard InChI is InChI=1S/C15H13BrN2O2/c1-10(13-7-2-3-8-14(13)16)17-18-12-6-4-5-11(9-12)15(19)20/h2-9,18H,1H3,(H,19,20)/b17-10-. The molecule has 0 heterocycles. The van der Waals surface area contributed by atoms with E-state index in [-0.39, 0.29) is 5.56 Å². The molecule has 4 nitrogen and oxygen atoms in total. The number of hydrazone groups is 1. The maximum atomic E-state index is 10.9. The van der Waals surface area contributed by atoms with Crippen LogP contribution in [0.4, 0.5) is 5.69 Å². The van der Waals surface area contributed by atoms with E-state index in [0.29, 0.717) is 5.69 Å². The van der Waals surface area contributed by atoms with Crippen molar-refractivity contribution in [2.75, 3.05) is 5.43 Å². The number of carboxylic acids is 1. The average Bonchev–Trinajstić information content (AvgIpc) is 2.45. The minimum Gasteiger partial charge on any atom is -0.478 e. The van der Waals surface area contributed by atoms with Gasteiger partial charge in [-0.1, -0.05) is 40.2 Å². The number of rotatable bonds is 4. The molecule has 2 aromatic carbocycles. The molecule has 5 heteroatoms. The monoisotopic (exact) mass is 332 g/mol. The van der Waals surface area contributed by atoms with Gasteiger partial charge in [0.25, 0.3) is 0 Å². The third-order valence-corrected chi connectivity index (χ3v) is 3.42. The third-order valence-electron chi connectivity index (χ3n) is 2.73. The quantitative estimate of drug-likeness (QED) is 0.657. The minimum absolute atomic E-state index is 0.226. The summed E-state index contributed by atoms with van der Waals surface area (Å²) in [6.07, 6.45) is 0. The van der Waals surface area contributed by atoms with Gasteiger partial charge in [0.1, 0.15) is 0 Å². The van der Waals surface area contributed by atoms with Gasteiger partial charge in [0.2, 0.25) is 0 Å². The van der Waals surface area contributed by atoms with Crippen LogP contribution in [0.3, 0.4) is 0 Å². The van der Waals surface area contributed by atoms with Crippen molar-refractivity contribution in [2.45, 2.75) is 6.92 Å². The molecular weight excluding hydrogens is 320 g/mol. The molecule has 0 aliphatic carbocycles. The van der Waals surface area contributed by atoms with Crippen LogP contribution in [0, 0.1) is 0 Å². The Kier molecular flexibility index (Phi) is 4.53. The number of carbonyl (C=O) groups is 1. The van der Waals surface area contributed by atoms with Gasteiger partial charge in [-0.05, 0) is 31.2 Å². The molecule has 0 atom stereocenters. The number of nitrogens with zero attached hydrogens (tertiary/aromatic N) is 1. The Morgan fingerprint density at radius 3 is 2.65 bits per heavy atom. The van der Waals surface area contributed by atoms with Crippen molar-refractivity contribution in [3.05, 3.63) is 64.1 Å². The summed E-state index contributed by atoms with van der Waals surface area (Å²) in [6, 6.07) is 14.3. The van der Waals surface area contributed by atoms with Gasteiger partial charge in [0.05, 0.1) is 17.0 Å². The SMILES string of the molecule is C/C(=N/Nc1cccc(C(=O)O)c1)c1ccccc1Br. The maximum absolute atomic E-state index is 10.9. The average molecular weight is 333 g/mol. The summed E-state index contributed by atoms with van der Waals surface area (Å²) in [7, 11) is 0. The largest absolute Gasteiger partial charge is 0.478 e. The van der Waals surface area contributed by atoms with Crippen LogP contribution in [0.25, 0.3) is 0 Å².